The van der Waals surface area contributed by atoms with Crippen LogP contribution in [0.1, 0.15) is 67.6 Å². The molecule has 0 bridgehead atoms. The molecule has 3 N–H and O–H groups in total. The number of aromatic nitrogens is 2. The number of alkyl halides is 2. The Bertz CT molecular complexity index is 1280. The second kappa shape index (κ2) is 10.8. The van der Waals surface area contributed by atoms with E-state index in [1.54, 1.807) is 31.1 Å². The highest BCUT2D eigenvalue weighted by molar-refractivity contribution is 7.13. The van der Waals surface area contributed by atoms with E-state index in [9.17, 15) is 18.8 Å². The summed E-state index contributed by atoms with van der Waals surface area (Å²) in [6, 6.07) is 0.611. The highest BCUT2D eigenvalue weighted by Gasteiger charge is 2.37. The summed E-state index contributed by atoms with van der Waals surface area (Å²) in [5, 5.41) is 5.68. The van der Waals surface area contributed by atoms with Gasteiger partial charge in [-0.15, -0.1) is 22.9 Å². The zero-order valence-corrected chi connectivity index (χ0v) is 23.2. The predicted molar refractivity (Wildman–Crippen MR) is 144 cm³/mol. The number of hydrogen-bond acceptors (Lipinski definition) is 6. The molecule has 0 aromatic carbocycles. The van der Waals surface area contributed by atoms with E-state index >= 15 is 0 Å². The molecule has 9 nitrogen and oxygen atoms in total. The van der Waals surface area contributed by atoms with Crippen LogP contribution in [-0.4, -0.2) is 82.6 Å². The summed E-state index contributed by atoms with van der Waals surface area (Å²) in [6.07, 6.45) is 4.11. The van der Waals surface area contributed by atoms with Gasteiger partial charge in [0.2, 0.25) is 5.91 Å². The van der Waals surface area contributed by atoms with Gasteiger partial charge in [0.15, 0.2) is 5.01 Å². The number of fused-ring (bicyclic) bond motifs is 2. The average molecular weight is 563 g/mol. The fraction of sp³-hybridized carbons (Fsp3) is 0.538. The zero-order valence-electron chi connectivity index (χ0n) is 21.6. The highest BCUT2D eigenvalue weighted by Crippen LogP contribution is 2.35. The molecule has 0 saturated heterocycles. The third-order valence-corrected chi connectivity index (χ3v) is 8.99. The minimum absolute atomic E-state index is 0.00442. The zero-order chi connectivity index (χ0) is 27.1. The van der Waals surface area contributed by atoms with Gasteiger partial charge in [-0.3, -0.25) is 14.4 Å². The van der Waals surface area contributed by atoms with Crippen molar-refractivity contribution in [3.63, 3.8) is 0 Å². The number of nitrogens with one attached hydrogen (secondary N) is 3. The molecular formula is C26H32ClFN6O3S. The Labute approximate surface area is 229 Å². The first-order chi connectivity index (χ1) is 18.1. The van der Waals surface area contributed by atoms with Gasteiger partial charge >= 0.3 is 0 Å². The molecular weight excluding hydrogens is 531 g/mol. The number of amides is 3. The smallest absolute Gasteiger partial charge is 0.280 e. The van der Waals surface area contributed by atoms with Crippen LogP contribution >= 0.6 is 22.9 Å². The van der Waals surface area contributed by atoms with Gasteiger partial charge in [0.25, 0.3) is 11.8 Å². The maximum Gasteiger partial charge on any atom is 0.280 e. The van der Waals surface area contributed by atoms with E-state index in [1.807, 2.05) is 7.05 Å². The Balaban J connectivity index is 1.33. The Kier molecular flexibility index (Phi) is 7.61. The highest BCUT2D eigenvalue weighted by atomic mass is 35.5. The molecule has 1 aliphatic heterocycles. The molecule has 3 amide bonds. The first-order valence-electron chi connectivity index (χ1n) is 12.8. The third kappa shape index (κ3) is 5.37. The minimum atomic E-state index is -1.40. The maximum absolute atomic E-state index is 14.5. The largest absolute Gasteiger partial charge is 0.351 e. The molecule has 204 valence electrons. The SMILES string of the molecule is CN1CCc2nc(C(=O)N[C@@H]3C[C@@H](C(=O)N(C)C)CC[C@@H]3NC(=O)c3cc4c([nH]3)C=CC(Cl)C4F)sc2C1. The summed E-state index contributed by atoms with van der Waals surface area (Å²) in [4.78, 5) is 51.6. The van der Waals surface area contributed by atoms with Crippen LogP contribution in [-0.2, 0) is 17.8 Å². The first-order valence-corrected chi connectivity index (χ1v) is 14.0. The molecule has 2 aliphatic carbocycles. The Morgan fingerprint density at radius 1 is 1.21 bits per heavy atom. The number of allylic oxidation sites excluding steroid dienone is 1. The van der Waals surface area contributed by atoms with Crippen molar-refractivity contribution in [1.29, 1.82) is 0 Å². The van der Waals surface area contributed by atoms with Crippen molar-refractivity contribution in [3.05, 3.63) is 44.7 Å². The Morgan fingerprint density at radius 3 is 2.74 bits per heavy atom. The molecule has 2 unspecified atom stereocenters. The van der Waals surface area contributed by atoms with Crippen molar-refractivity contribution in [2.45, 2.75) is 55.9 Å². The lowest BCUT2D eigenvalue weighted by molar-refractivity contribution is -0.134. The normalized spacial score (nSPS) is 26.8. The molecule has 3 aliphatic rings. The van der Waals surface area contributed by atoms with Gasteiger partial charge in [-0.2, -0.15) is 0 Å². The predicted octanol–water partition coefficient (Wildman–Crippen LogP) is 2.89. The minimum Gasteiger partial charge on any atom is -0.351 e. The van der Waals surface area contributed by atoms with E-state index in [-0.39, 0.29) is 23.4 Å². The average Bonchev–Trinajstić information content (AvgIpc) is 3.51. The fourth-order valence-electron chi connectivity index (χ4n) is 5.42. The molecule has 3 heterocycles. The molecule has 0 radical (unpaired) electrons. The Morgan fingerprint density at radius 2 is 1.97 bits per heavy atom. The molecule has 5 atom stereocenters. The summed E-state index contributed by atoms with van der Waals surface area (Å²) in [7, 11) is 5.47. The maximum atomic E-state index is 14.5. The van der Waals surface area contributed by atoms with E-state index in [0.29, 0.717) is 35.5 Å². The van der Waals surface area contributed by atoms with Crippen molar-refractivity contribution in [2.75, 3.05) is 27.7 Å². The van der Waals surface area contributed by atoms with Crippen LogP contribution in [0.25, 0.3) is 6.08 Å². The van der Waals surface area contributed by atoms with Crippen LogP contribution in [0.4, 0.5) is 4.39 Å². The van der Waals surface area contributed by atoms with Gasteiger partial charge in [-0.05, 0) is 38.5 Å². The summed E-state index contributed by atoms with van der Waals surface area (Å²) in [5.41, 5.74) is 2.05. The van der Waals surface area contributed by atoms with Crippen LogP contribution in [0, 0.1) is 5.92 Å². The second-order valence-corrected chi connectivity index (χ2v) is 12.1. The lowest BCUT2D eigenvalue weighted by Gasteiger charge is -2.37. The van der Waals surface area contributed by atoms with Crippen LogP contribution < -0.4 is 10.6 Å². The first kappa shape index (κ1) is 26.8. The van der Waals surface area contributed by atoms with Crippen molar-refractivity contribution in [2.24, 2.45) is 5.92 Å². The molecule has 38 heavy (non-hydrogen) atoms. The Hall–Kier alpha value is -2.76. The van der Waals surface area contributed by atoms with E-state index in [2.05, 4.69) is 25.5 Å². The van der Waals surface area contributed by atoms with Crippen molar-refractivity contribution in [3.8, 4) is 0 Å². The summed E-state index contributed by atoms with van der Waals surface area (Å²) in [6.45, 7) is 1.66. The number of likely N-dealkylation sites (N-methyl/N-ethyl adjacent to an activating group) is 1. The number of thiazole rings is 1. The quantitative estimate of drug-likeness (QED) is 0.485. The lowest BCUT2D eigenvalue weighted by Crippen LogP contribution is -2.56. The van der Waals surface area contributed by atoms with E-state index in [1.165, 1.54) is 17.4 Å². The number of carbonyl (C=O) groups excluding carboxylic acids is 3. The van der Waals surface area contributed by atoms with Gasteiger partial charge in [-0.25, -0.2) is 9.37 Å². The molecule has 1 fully saturated rings. The number of halogens is 2. The second-order valence-electron chi connectivity index (χ2n) is 10.5. The van der Waals surface area contributed by atoms with E-state index < -0.39 is 29.5 Å². The van der Waals surface area contributed by atoms with Gasteiger partial charge in [0, 0.05) is 61.7 Å². The molecule has 1 saturated carbocycles. The van der Waals surface area contributed by atoms with Gasteiger partial charge < -0.3 is 25.4 Å². The standard InChI is InChI=1S/C26H32ClFN6O3S/c1-33(2)26(37)13-4-6-17(30-23(35)20-11-14-16(29-20)7-5-15(27)22(14)28)19(10-13)31-24(36)25-32-18-8-9-34(3)12-21(18)38-25/h5,7,11,13,15,17,19,22,29H,4,6,8-10,12H2,1-3H3,(H,30,35)(H,31,36)/t13-,15?,17-,19+,22?/m0/s1. The molecule has 2 aromatic rings. The van der Waals surface area contributed by atoms with Crippen LogP contribution in [0.15, 0.2) is 12.1 Å². The van der Waals surface area contributed by atoms with Gasteiger partial charge in [0.05, 0.1) is 17.1 Å². The monoisotopic (exact) mass is 562 g/mol. The number of H-pyrrole nitrogens is 1. The molecule has 2 aromatic heterocycles. The van der Waals surface area contributed by atoms with E-state index in [4.69, 9.17) is 11.6 Å². The number of rotatable bonds is 5. The van der Waals surface area contributed by atoms with E-state index in [0.717, 1.165) is 30.1 Å². The van der Waals surface area contributed by atoms with Crippen LogP contribution in [0.2, 0.25) is 0 Å². The molecule has 12 heteroatoms. The van der Waals surface area contributed by atoms with Gasteiger partial charge in [0.1, 0.15) is 11.9 Å². The third-order valence-electron chi connectivity index (χ3n) is 7.54. The summed E-state index contributed by atoms with van der Waals surface area (Å²) >= 11 is 7.40. The van der Waals surface area contributed by atoms with Crippen molar-refractivity contribution >= 4 is 46.7 Å². The molecule has 0 spiro atoms. The van der Waals surface area contributed by atoms with Crippen molar-refractivity contribution in [1.82, 2.24) is 30.4 Å². The topological polar surface area (TPSA) is 110 Å². The summed E-state index contributed by atoms with van der Waals surface area (Å²) in [5.74, 6) is -0.976. The lowest BCUT2D eigenvalue weighted by atomic mass is 9.81. The number of carbonyl (C=O) groups is 3. The van der Waals surface area contributed by atoms with Crippen LogP contribution in [0.5, 0.6) is 0 Å². The van der Waals surface area contributed by atoms with Gasteiger partial charge in [-0.1, -0.05) is 6.08 Å². The van der Waals surface area contributed by atoms with Crippen molar-refractivity contribution < 1.29 is 18.8 Å². The summed E-state index contributed by atoms with van der Waals surface area (Å²) < 4.78 is 14.5. The number of nitrogens with zero attached hydrogens (tertiary/aromatic N) is 3. The number of aromatic amines is 1. The van der Waals surface area contributed by atoms with Crippen LogP contribution in [0.3, 0.4) is 0 Å². The molecule has 5 rings (SSSR count). The number of hydrogen-bond donors (Lipinski definition) is 3. The fourth-order valence-corrected chi connectivity index (χ4v) is 6.72.